The lowest BCUT2D eigenvalue weighted by Gasteiger charge is -2.46. The van der Waals surface area contributed by atoms with E-state index in [4.69, 9.17) is 0 Å². The predicted molar refractivity (Wildman–Crippen MR) is 222 cm³/mol. The number of para-hydroxylation sites is 1. The van der Waals surface area contributed by atoms with Crippen LogP contribution in [0, 0.1) is 0 Å². The first kappa shape index (κ1) is 44.9. The van der Waals surface area contributed by atoms with Crippen molar-refractivity contribution in [2.24, 2.45) is 0 Å². The van der Waals surface area contributed by atoms with E-state index in [0.29, 0.717) is 22.7 Å². The van der Waals surface area contributed by atoms with Crippen molar-refractivity contribution in [1.29, 1.82) is 0 Å². The van der Waals surface area contributed by atoms with Crippen molar-refractivity contribution in [1.82, 2.24) is 29.4 Å². The maximum atomic E-state index is 2.58. The highest BCUT2D eigenvalue weighted by molar-refractivity contribution is 5.59. The molecule has 0 N–H and O–H groups in total. The van der Waals surface area contributed by atoms with Crippen LogP contribution in [0.15, 0.2) is 24.3 Å². The van der Waals surface area contributed by atoms with Crippen LogP contribution in [0.5, 0.6) is 0 Å². The number of benzene rings is 1. The lowest BCUT2D eigenvalue weighted by atomic mass is 10.0. The van der Waals surface area contributed by atoms with Gasteiger partial charge in [-0.05, 0) is 136 Å². The van der Waals surface area contributed by atoms with Crippen molar-refractivity contribution in [3.63, 3.8) is 0 Å². The maximum absolute atomic E-state index is 2.58. The van der Waals surface area contributed by atoms with Gasteiger partial charge in [0.25, 0.3) is 0 Å². The van der Waals surface area contributed by atoms with E-state index in [-0.39, 0.29) is 5.54 Å². The largest absolute Gasteiger partial charge is 0.366 e. The first-order valence-electron chi connectivity index (χ1n) is 20.2. The summed E-state index contributed by atoms with van der Waals surface area (Å²) in [7, 11) is 2.19. The molecule has 3 fully saturated rings. The number of fused-ring (bicyclic) bond motifs is 1. The molecular weight excluding hydrogens is 615 g/mol. The van der Waals surface area contributed by atoms with Crippen LogP contribution in [0.4, 0.5) is 5.69 Å². The van der Waals surface area contributed by atoms with Gasteiger partial charge in [-0.3, -0.25) is 24.5 Å². The monoisotopic (exact) mass is 700 g/mol. The molecule has 0 aliphatic carbocycles. The van der Waals surface area contributed by atoms with E-state index in [9.17, 15) is 0 Å². The van der Waals surface area contributed by atoms with E-state index in [2.05, 4.69) is 176 Å². The van der Waals surface area contributed by atoms with Crippen LogP contribution >= 0.6 is 0 Å². The highest BCUT2D eigenvalue weighted by Gasteiger charge is 2.31. The number of rotatable bonds is 2. The second-order valence-corrected chi connectivity index (χ2v) is 19.7. The molecule has 0 saturated carbocycles. The topological polar surface area (TPSA) is 22.7 Å². The second kappa shape index (κ2) is 19.2. The molecule has 0 amide bonds. The van der Waals surface area contributed by atoms with Gasteiger partial charge in [-0.15, -0.1) is 0 Å². The summed E-state index contributed by atoms with van der Waals surface area (Å²) in [6.45, 7) is 52.5. The standard InChI is InChI=1S/C12H26N2.C12H17N.C11H24N2.C8H18N2/c1-11(2,3)13-7-9-14(10-8-13)12(4,5)6;1-12(2,3)13-9-8-10-6-4-5-7-11(10)13;1-10(2)12-6-8-13(9-7-12)11(3,4)5;1-8(2)10-6-4-9(3)5-7-10/h7-10H2,1-6H3;4-7H,8-9H2,1-3H3;10H,6-9H2,1-5H3;8H,4-7H2,1-3H3. The Bertz CT molecular complexity index is 1040. The molecule has 1 aromatic rings. The van der Waals surface area contributed by atoms with Crippen LogP contribution in [0.3, 0.4) is 0 Å². The molecule has 7 heteroatoms. The summed E-state index contributed by atoms with van der Waals surface area (Å²) in [5.41, 5.74) is 4.20. The van der Waals surface area contributed by atoms with Gasteiger partial charge in [0, 0.05) is 125 Å². The molecule has 0 unspecified atom stereocenters. The molecule has 4 heterocycles. The normalized spacial score (nSPS) is 21.2. The third kappa shape index (κ3) is 15.0. The molecule has 0 spiro atoms. The summed E-state index contributed by atoms with van der Waals surface area (Å²) in [5.74, 6) is 0. The van der Waals surface area contributed by atoms with Crippen molar-refractivity contribution < 1.29 is 0 Å². The minimum Gasteiger partial charge on any atom is -0.366 e. The molecule has 50 heavy (non-hydrogen) atoms. The quantitative estimate of drug-likeness (QED) is 0.315. The average molecular weight is 700 g/mol. The van der Waals surface area contributed by atoms with Gasteiger partial charge >= 0.3 is 0 Å². The van der Waals surface area contributed by atoms with Crippen molar-refractivity contribution in [2.45, 2.75) is 151 Å². The Morgan fingerprint density at radius 1 is 0.440 bits per heavy atom. The van der Waals surface area contributed by atoms with E-state index in [1.165, 1.54) is 103 Å². The van der Waals surface area contributed by atoms with Gasteiger partial charge in [0.05, 0.1) is 0 Å². The fourth-order valence-corrected chi connectivity index (χ4v) is 7.33. The Kier molecular flexibility index (Phi) is 17.3. The third-order valence-electron chi connectivity index (χ3n) is 11.1. The number of anilines is 1. The Balaban J connectivity index is 0.000000233. The molecule has 4 aliphatic heterocycles. The van der Waals surface area contributed by atoms with Gasteiger partial charge in [0.1, 0.15) is 0 Å². The molecule has 1 aromatic carbocycles. The van der Waals surface area contributed by atoms with Crippen LogP contribution in [-0.2, 0) is 6.42 Å². The van der Waals surface area contributed by atoms with Crippen molar-refractivity contribution in [3.05, 3.63) is 29.8 Å². The molecule has 4 aliphatic rings. The van der Waals surface area contributed by atoms with Gasteiger partial charge in [-0.2, -0.15) is 0 Å². The molecular formula is C43H85N7. The summed E-state index contributed by atoms with van der Waals surface area (Å²) in [6.07, 6.45) is 1.20. The Morgan fingerprint density at radius 2 is 0.780 bits per heavy atom. The number of nitrogens with zero attached hydrogens (tertiary/aromatic N) is 7. The minimum absolute atomic E-state index is 0.257. The van der Waals surface area contributed by atoms with E-state index < -0.39 is 0 Å². The van der Waals surface area contributed by atoms with Gasteiger partial charge in [-0.1, -0.05) is 18.2 Å². The van der Waals surface area contributed by atoms with Crippen molar-refractivity contribution in [2.75, 3.05) is 97.0 Å². The first-order valence-corrected chi connectivity index (χ1v) is 20.2. The van der Waals surface area contributed by atoms with Crippen LogP contribution < -0.4 is 4.90 Å². The molecule has 0 atom stereocenters. The lowest BCUT2D eigenvalue weighted by Crippen LogP contribution is -2.57. The zero-order valence-electron chi connectivity index (χ0n) is 36.5. The van der Waals surface area contributed by atoms with E-state index in [1.54, 1.807) is 0 Å². The van der Waals surface area contributed by atoms with Crippen LogP contribution in [0.1, 0.15) is 116 Å². The zero-order chi connectivity index (χ0) is 38.1. The maximum Gasteiger partial charge on any atom is 0.0403 e. The third-order valence-corrected chi connectivity index (χ3v) is 11.1. The van der Waals surface area contributed by atoms with Gasteiger partial charge in [0.15, 0.2) is 0 Å². The fraction of sp³-hybridized carbons (Fsp3) is 0.860. The van der Waals surface area contributed by atoms with Crippen LogP contribution in [-0.4, -0.2) is 156 Å². The molecule has 3 saturated heterocycles. The average Bonchev–Trinajstić information content (AvgIpc) is 3.46. The highest BCUT2D eigenvalue weighted by Crippen LogP contribution is 2.33. The summed E-state index contributed by atoms with van der Waals surface area (Å²) in [4.78, 5) is 17.7. The number of hydrogen-bond acceptors (Lipinski definition) is 7. The van der Waals surface area contributed by atoms with E-state index in [1.807, 2.05) is 0 Å². The number of piperazine rings is 3. The highest BCUT2D eigenvalue weighted by atomic mass is 15.3. The molecule has 0 radical (unpaired) electrons. The minimum atomic E-state index is 0.257. The molecule has 292 valence electrons. The molecule has 0 bridgehead atoms. The van der Waals surface area contributed by atoms with Gasteiger partial charge in [-0.25, -0.2) is 0 Å². The lowest BCUT2D eigenvalue weighted by molar-refractivity contribution is 0.0211. The summed E-state index contributed by atoms with van der Waals surface area (Å²) >= 11 is 0. The SMILES string of the molecule is CC(C)(C)N1CCN(C(C)(C)C)CC1.CC(C)(C)N1CCc2ccccc21.CC(C)N1CCN(C(C)(C)C)CC1.CC(C)N1CCN(C)CC1. The molecule has 5 rings (SSSR count). The Morgan fingerprint density at radius 3 is 1.12 bits per heavy atom. The fourth-order valence-electron chi connectivity index (χ4n) is 7.33. The van der Waals surface area contributed by atoms with Crippen molar-refractivity contribution in [3.8, 4) is 0 Å². The van der Waals surface area contributed by atoms with Crippen LogP contribution in [0.2, 0.25) is 0 Å². The Hall–Kier alpha value is -1.22. The van der Waals surface area contributed by atoms with Crippen molar-refractivity contribution >= 4 is 5.69 Å². The van der Waals surface area contributed by atoms with Crippen LogP contribution in [0.25, 0.3) is 0 Å². The molecule has 0 aromatic heterocycles. The smallest absolute Gasteiger partial charge is 0.0403 e. The summed E-state index contributed by atoms with van der Waals surface area (Å²) < 4.78 is 0. The van der Waals surface area contributed by atoms with Gasteiger partial charge in [0.2, 0.25) is 0 Å². The van der Waals surface area contributed by atoms with E-state index in [0.717, 1.165) is 6.04 Å². The first-order chi connectivity index (χ1) is 22.9. The predicted octanol–water partition coefficient (Wildman–Crippen LogP) is 7.50. The molecule has 7 nitrogen and oxygen atoms in total. The zero-order valence-corrected chi connectivity index (χ0v) is 36.5. The second-order valence-electron chi connectivity index (χ2n) is 19.7. The summed E-state index contributed by atoms with van der Waals surface area (Å²) in [5, 5.41) is 0. The van der Waals surface area contributed by atoms with Gasteiger partial charge < -0.3 is 9.80 Å². The van der Waals surface area contributed by atoms with E-state index >= 15 is 0 Å². The summed E-state index contributed by atoms with van der Waals surface area (Å²) in [6, 6.07) is 10.2. The number of hydrogen-bond donors (Lipinski definition) is 0. The number of likely N-dealkylation sites (N-methyl/N-ethyl adjacent to an activating group) is 1. The Labute approximate surface area is 312 Å².